The Labute approximate surface area is 198 Å². The van der Waals surface area contributed by atoms with Crippen LogP contribution in [0, 0.1) is 6.92 Å². The predicted molar refractivity (Wildman–Crippen MR) is 128 cm³/mol. The number of nitrogens with zero attached hydrogens (tertiary/aromatic N) is 1. The zero-order chi connectivity index (χ0) is 24.5. The van der Waals surface area contributed by atoms with E-state index in [2.05, 4.69) is 10.0 Å². The number of nitrogens with one attached hydrogen (secondary N) is 2. The zero-order valence-electron chi connectivity index (χ0n) is 19.1. The van der Waals surface area contributed by atoms with Crippen LogP contribution in [0.3, 0.4) is 0 Å². The van der Waals surface area contributed by atoms with Crippen LogP contribution in [0.25, 0.3) is 0 Å². The van der Waals surface area contributed by atoms with Gasteiger partial charge in [0.1, 0.15) is 0 Å². The van der Waals surface area contributed by atoms with E-state index in [0.717, 1.165) is 12.8 Å². The highest BCUT2D eigenvalue weighted by atomic mass is 32.2. The first-order chi connectivity index (χ1) is 16.2. The van der Waals surface area contributed by atoms with Gasteiger partial charge in [0.2, 0.25) is 10.0 Å². The molecule has 10 heteroatoms. The van der Waals surface area contributed by atoms with Gasteiger partial charge < -0.3 is 10.1 Å². The molecule has 2 heterocycles. The SMILES string of the molecule is CCCS(=O)(=O)Nc1cccc(NC(=O)c2ccc3c(c2)C(=O)N(CC2CCCO2)C3=O)c1C. The van der Waals surface area contributed by atoms with E-state index in [9.17, 15) is 22.8 Å². The van der Waals surface area contributed by atoms with Gasteiger partial charge >= 0.3 is 0 Å². The van der Waals surface area contributed by atoms with E-state index in [0.29, 0.717) is 30.0 Å². The van der Waals surface area contributed by atoms with Crippen LogP contribution in [-0.2, 0) is 14.8 Å². The van der Waals surface area contributed by atoms with Crippen molar-refractivity contribution in [2.75, 3.05) is 28.9 Å². The molecule has 4 rings (SSSR count). The quantitative estimate of drug-likeness (QED) is 0.554. The number of ether oxygens (including phenoxy) is 1. The standard InChI is InChI=1S/C24H27N3O6S/c1-3-12-34(31,32)26-21-8-4-7-20(15(21)2)25-22(28)16-9-10-18-19(13-16)24(30)27(23(18)29)14-17-6-5-11-33-17/h4,7-10,13,17,26H,3,5-6,11-12,14H2,1-2H3,(H,25,28). The van der Waals surface area contributed by atoms with Gasteiger partial charge in [-0.15, -0.1) is 0 Å². The number of carbonyl (C=O) groups excluding carboxylic acids is 3. The summed E-state index contributed by atoms with van der Waals surface area (Å²) in [6.45, 7) is 4.30. The minimum absolute atomic E-state index is 0.00517. The molecule has 34 heavy (non-hydrogen) atoms. The van der Waals surface area contributed by atoms with E-state index in [1.165, 1.54) is 23.1 Å². The molecule has 9 nitrogen and oxygen atoms in total. The maximum Gasteiger partial charge on any atom is 0.261 e. The van der Waals surface area contributed by atoms with Gasteiger partial charge in [0.05, 0.1) is 35.2 Å². The van der Waals surface area contributed by atoms with Crippen molar-refractivity contribution in [3.63, 3.8) is 0 Å². The summed E-state index contributed by atoms with van der Waals surface area (Å²) >= 11 is 0. The maximum atomic E-state index is 12.9. The van der Waals surface area contributed by atoms with Gasteiger partial charge in [-0.25, -0.2) is 8.42 Å². The van der Waals surface area contributed by atoms with Crippen molar-refractivity contribution in [2.24, 2.45) is 0 Å². The van der Waals surface area contributed by atoms with Crippen molar-refractivity contribution in [1.82, 2.24) is 4.90 Å². The van der Waals surface area contributed by atoms with Crippen LogP contribution in [0.5, 0.6) is 0 Å². The number of rotatable bonds is 8. The third kappa shape index (κ3) is 4.83. The Morgan fingerprint density at radius 1 is 1.12 bits per heavy atom. The van der Waals surface area contributed by atoms with Crippen LogP contribution in [-0.4, -0.2) is 56.0 Å². The molecule has 1 atom stereocenters. The second-order valence-corrected chi connectivity index (χ2v) is 10.3. The van der Waals surface area contributed by atoms with Gasteiger partial charge in [-0.1, -0.05) is 13.0 Å². The van der Waals surface area contributed by atoms with Crippen molar-refractivity contribution in [2.45, 2.75) is 39.2 Å². The Bertz CT molecular complexity index is 1250. The second kappa shape index (κ2) is 9.55. The van der Waals surface area contributed by atoms with E-state index >= 15 is 0 Å². The molecule has 2 aliphatic heterocycles. The minimum Gasteiger partial charge on any atom is -0.376 e. The number of amides is 3. The van der Waals surface area contributed by atoms with E-state index in [1.54, 1.807) is 32.0 Å². The third-order valence-corrected chi connectivity index (χ3v) is 7.44. The molecule has 0 spiro atoms. The average Bonchev–Trinajstić information content (AvgIpc) is 3.39. The number of fused-ring (bicyclic) bond motifs is 1. The van der Waals surface area contributed by atoms with E-state index in [-0.39, 0.29) is 41.0 Å². The molecule has 1 saturated heterocycles. The summed E-state index contributed by atoms with van der Waals surface area (Å²) in [5.74, 6) is -1.30. The number of hydrogen-bond donors (Lipinski definition) is 2. The van der Waals surface area contributed by atoms with Crippen molar-refractivity contribution in [3.05, 3.63) is 58.7 Å². The Hall–Kier alpha value is -3.24. The van der Waals surface area contributed by atoms with Crippen molar-refractivity contribution in [3.8, 4) is 0 Å². The molecule has 0 bridgehead atoms. The summed E-state index contributed by atoms with van der Waals surface area (Å²) in [4.78, 5) is 39.7. The summed E-state index contributed by atoms with van der Waals surface area (Å²) in [6, 6.07) is 9.33. The maximum absolute atomic E-state index is 12.9. The molecular formula is C24H27N3O6S. The fourth-order valence-electron chi connectivity index (χ4n) is 4.15. The Kier molecular flexibility index (Phi) is 6.72. The monoisotopic (exact) mass is 485 g/mol. The van der Waals surface area contributed by atoms with E-state index in [4.69, 9.17) is 4.74 Å². The number of carbonyl (C=O) groups is 3. The second-order valence-electron chi connectivity index (χ2n) is 8.47. The first-order valence-electron chi connectivity index (χ1n) is 11.2. The van der Waals surface area contributed by atoms with Gasteiger partial charge in [0, 0.05) is 17.9 Å². The normalized spacial score (nSPS) is 17.7. The van der Waals surface area contributed by atoms with Gasteiger partial charge in [-0.05, 0) is 62.1 Å². The molecular weight excluding hydrogens is 458 g/mol. The van der Waals surface area contributed by atoms with Crippen LogP contribution in [0.4, 0.5) is 11.4 Å². The summed E-state index contributed by atoms with van der Waals surface area (Å²) < 4.78 is 32.4. The van der Waals surface area contributed by atoms with Crippen LogP contribution in [0.2, 0.25) is 0 Å². The molecule has 2 aromatic rings. The molecule has 1 unspecified atom stereocenters. The summed E-state index contributed by atoms with van der Waals surface area (Å²) in [5.41, 5.74) is 2.05. The van der Waals surface area contributed by atoms with Gasteiger partial charge in [0.25, 0.3) is 17.7 Å². The zero-order valence-corrected chi connectivity index (χ0v) is 19.9. The van der Waals surface area contributed by atoms with Gasteiger partial charge in [-0.2, -0.15) is 0 Å². The Balaban J connectivity index is 1.51. The fourth-order valence-corrected chi connectivity index (χ4v) is 5.35. The highest BCUT2D eigenvalue weighted by Crippen LogP contribution is 2.28. The largest absolute Gasteiger partial charge is 0.376 e. The van der Waals surface area contributed by atoms with Crippen molar-refractivity contribution < 1.29 is 27.5 Å². The summed E-state index contributed by atoms with van der Waals surface area (Å²) in [7, 11) is -3.48. The molecule has 2 N–H and O–H groups in total. The lowest BCUT2D eigenvalue weighted by atomic mass is 10.0. The lowest BCUT2D eigenvalue weighted by molar-refractivity contribution is 0.0475. The first kappa shape index (κ1) is 23.9. The molecule has 0 aliphatic carbocycles. The fraction of sp³-hybridized carbons (Fsp3) is 0.375. The summed E-state index contributed by atoms with van der Waals surface area (Å²) in [6.07, 6.45) is 2.03. The lowest BCUT2D eigenvalue weighted by Crippen LogP contribution is -2.36. The van der Waals surface area contributed by atoms with Crippen molar-refractivity contribution >= 4 is 39.1 Å². The van der Waals surface area contributed by atoms with Crippen LogP contribution >= 0.6 is 0 Å². The summed E-state index contributed by atoms with van der Waals surface area (Å²) in [5, 5.41) is 2.77. The molecule has 2 aliphatic rings. The molecule has 3 amide bonds. The number of sulfonamides is 1. The smallest absolute Gasteiger partial charge is 0.261 e. The average molecular weight is 486 g/mol. The molecule has 1 fully saturated rings. The topological polar surface area (TPSA) is 122 Å². The number of imide groups is 1. The Morgan fingerprint density at radius 2 is 1.85 bits per heavy atom. The number of anilines is 2. The van der Waals surface area contributed by atoms with Crippen LogP contribution in [0.15, 0.2) is 36.4 Å². The van der Waals surface area contributed by atoms with Gasteiger partial charge in [-0.3, -0.25) is 24.0 Å². The molecule has 180 valence electrons. The van der Waals surface area contributed by atoms with E-state index < -0.39 is 21.8 Å². The van der Waals surface area contributed by atoms with Crippen LogP contribution < -0.4 is 10.0 Å². The first-order valence-corrected chi connectivity index (χ1v) is 12.9. The molecule has 0 radical (unpaired) electrons. The predicted octanol–water partition coefficient (Wildman–Crippen LogP) is 3.17. The Morgan fingerprint density at radius 3 is 2.56 bits per heavy atom. The highest BCUT2D eigenvalue weighted by Gasteiger charge is 2.38. The van der Waals surface area contributed by atoms with Crippen LogP contribution in [0.1, 0.15) is 62.8 Å². The molecule has 0 aromatic heterocycles. The van der Waals surface area contributed by atoms with Crippen molar-refractivity contribution in [1.29, 1.82) is 0 Å². The number of benzene rings is 2. The number of hydrogen-bond acceptors (Lipinski definition) is 6. The van der Waals surface area contributed by atoms with Gasteiger partial charge in [0.15, 0.2) is 0 Å². The molecule has 2 aromatic carbocycles. The molecule has 0 saturated carbocycles. The minimum atomic E-state index is -3.48. The lowest BCUT2D eigenvalue weighted by Gasteiger charge is -2.17. The highest BCUT2D eigenvalue weighted by molar-refractivity contribution is 7.92. The van der Waals surface area contributed by atoms with E-state index in [1.807, 2.05) is 0 Å². The third-order valence-electron chi connectivity index (χ3n) is 5.96.